The first-order valence-electron chi connectivity index (χ1n) is 9.06. The number of ether oxygens (including phenoxy) is 1. The number of hydrogen-bond acceptors (Lipinski definition) is 3. The second-order valence-corrected chi connectivity index (χ2v) is 7.18. The monoisotopic (exact) mass is 346 g/mol. The largest absolute Gasteiger partial charge is 0.375 e. The molecule has 0 bridgehead atoms. The molecular formula is C20H30N2O3. The normalized spacial score (nSPS) is 16.8. The Labute approximate surface area is 150 Å². The van der Waals surface area contributed by atoms with Crippen LogP contribution in [0, 0.1) is 12.8 Å². The maximum Gasteiger partial charge on any atom is 0.246 e. The third-order valence-electron chi connectivity index (χ3n) is 4.96. The van der Waals surface area contributed by atoms with Gasteiger partial charge in [-0.05, 0) is 42.7 Å². The molecule has 0 spiro atoms. The molecule has 1 aromatic rings. The van der Waals surface area contributed by atoms with Gasteiger partial charge in [0, 0.05) is 20.2 Å². The molecule has 0 unspecified atom stereocenters. The summed E-state index contributed by atoms with van der Waals surface area (Å²) in [5.74, 6) is 0.320. The smallest absolute Gasteiger partial charge is 0.246 e. The van der Waals surface area contributed by atoms with Gasteiger partial charge in [0.25, 0.3) is 0 Å². The lowest BCUT2D eigenvalue weighted by Crippen LogP contribution is -2.53. The molecule has 1 heterocycles. The Morgan fingerprint density at radius 3 is 2.44 bits per heavy atom. The quantitative estimate of drug-likeness (QED) is 0.861. The zero-order valence-corrected chi connectivity index (χ0v) is 15.7. The van der Waals surface area contributed by atoms with Crippen LogP contribution in [0.2, 0.25) is 0 Å². The summed E-state index contributed by atoms with van der Waals surface area (Å²) >= 11 is 0. The van der Waals surface area contributed by atoms with Gasteiger partial charge in [0.05, 0.1) is 0 Å². The van der Waals surface area contributed by atoms with Crippen molar-refractivity contribution in [1.82, 2.24) is 10.2 Å². The van der Waals surface area contributed by atoms with E-state index in [1.54, 1.807) is 0 Å². The molecule has 1 aromatic carbocycles. The van der Waals surface area contributed by atoms with Gasteiger partial charge < -0.3 is 15.0 Å². The van der Waals surface area contributed by atoms with Gasteiger partial charge in [-0.2, -0.15) is 0 Å². The first-order chi connectivity index (χ1) is 11.9. The van der Waals surface area contributed by atoms with E-state index in [-0.39, 0.29) is 24.3 Å². The molecule has 1 saturated heterocycles. The molecule has 25 heavy (non-hydrogen) atoms. The van der Waals surface area contributed by atoms with Crippen molar-refractivity contribution in [2.75, 3.05) is 26.8 Å². The number of piperidine rings is 1. The zero-order chi connectivity index (χ0) is 18.4. The summed E-state index contributed by atoms with van der Waals surface area (Å²) in [6.07, 6.45) is 1.93. The lowest BCUT2D eigenvalue weighted by Gasteiger charge is -2.36. The Hall–Kier alpha value is -1.88. The van der Waals surface area contributed by atoms with Crippen LogP contribution in [0.3, 0.4) is 0 Å². The number of methoxy groups -OCH3 is 1. The van der Waals surface area contributed by atoms with Crippen molar-refractivity contribution in [1.29, 1.82) is 0 Å². The predicted octanol–water partition coefficient (Wildman–Crippen LogP) is 2.49. The lowest BCUT2D eigenvalue weighted by molar-refractivity contribution is -0.139. The van der Waals surface area contributed by atoms with Gasteiger partial charge in [0.2, 0.25) is 11.8 Å². The van der Waals surface area contributed by atoms with Crippen molar-refractivity contribution >= 4 is 11.8 Å². The summed E-state index contributed by atoms with van der Waals surface area (Å²) in [5.41, 5.74) is 2.71. The molecule has 0 aromatic heterocycles. The first kappa shape index (κ1) is 19.4. The van der Waals surface area contributed by atoms with Gasteiger partial charge in [-0.3, -0.25) is 9.59 Å². The standard InChI is InChI=1S/C20H30N2O3/c1-14(2)19(21-18(23)13-25-4)20(24)22-11-9-16(10-12-22)17-8-6-5-7-15(17)3/h5-8,14,16,19H,9-13H2,1-4H3,(H,21,23)/t19-/m0/s1. The van der Waals surface area contributed by atoms with Crippen LogP contribution in [0.25, 0.3) is 0 Å². The zero-order valence-electron chi connectivity index (χ0n) is 15.7. The molecule has 1 aliphatic rings. The van der Waals surface area contributed by atoms with Crippen molar-refractivity contribution in [3.05, 3.63) is 35.4 Å². The summed E-state index contributed by atoms with van der Waals surface area (Å²) in [4.78, 5) is 26.6. The topological polar surface area (TPSA) is 58.6 Å². The molecule has 5 heteroatoms. The van der Waals surface area contributed by atoms with Crippen LogP contribution >= 0.6 is 0 Å². The fraction of sp³-hybridized carbons (Fsp3) is 0.600. The first-order valence-corrected chi connectivity index (χ1v) is 9.06. The van der Waals surface area contributed by atoms with Crippen molar-refractivity contribution < 1.29 is 14.3 Å². The Morgan fingerprint density at radius 1 is 1.24 bits per heavy atom. The molecule has 2 rings (SSSR count). The number of aryl methyl sites for hydroxylation is 1. The molecule has 1 atom stereocenters. The third-order valence-corrected chi connectivity index (χ3v) is 4.96. The van der Waals surface area contributed by atoms with Gasteiger partial charge in [-0.15, -0.1) is 0 Å². The second-order valence-electron chi connectivity index (χ2n) is 7.18. The Bertz CT molecular complexity index is 592. The highest BCUT2D eigenvalue weighted by atomic mass is 16.5. The van der Waals surface area contributed by atoms with Crippen LogP contribution in [0.4, 0.5) is 0 Å². The van der Waals surface area contributed by atoms with E-state index < -0.39 is 6.04 Å². The van der Waals surface area contributed by atoms with E-state index in [0.29, 0.717) is 5.92 Å². The Balaban J connectivity index is 1.97. The highest BCUT2D eigenvalue weighted by molar-refractivity contribution is 5.88. The molecule has 0 saturated carbocycles. The van der Waals surface area contributed by atoms with E-state index in [0.717, 1.165) is 25.9 Å². The number of nitrogens with zero attached hydrogens (tertiary/aromatic N) is 1. The maximum absolute atomic E-state index is 12.9. The van der Waals surface area contributed by atoms with E-state index >= 15 is 0 Å². The van der Waals surface area contributed by atoms with E-state index in [2.05, 4.69) is 36.5 Å². The number of carbonyl (C=O) groups is 2. The molecule has 1 fully saturated rings. The van der Waals surface area contributed by atoms with Crippen LogP contribution in [0.15, 0.2) is 24.3 Å². The SMILES string of the molecule is COCC(=O)N[C@H](C(=O)N1CCC(c2ccccc2C)CC1)C(C)C. The van der Waals surface area contributed by atoms with Crippen molar-refractivity contribution in [2.24, 2.45) is 5.92 Å². The predicted molar refractivity (Wildman–Crippen MR) is 98.4 cm³/mol. The summed E-state index contributed by atoms with van der Waals surface area (Å²) in [7, 11) is 1.47. The molecule has 0 radical (unpaired) electrons. The van der Waals surface area contributed by atoms with E-state index in [1.807, 2.05) is 18.7 Å². The Morgan fingerprint density at radius 2 is 1.88 bits per heavy atom. The number of hydrogen-bond donors (Lipinski definition) is 1. The van der Waals surface area contributed by atoms with Crippen LogP contribution < -0.4 is 5.32 Å². The van der Waals surface area contributed by atoms with E-state index in [4.69, 9.17) is 4.74 Å². The fourth-order valence-electron chi connectivity index (χ4n) is 3.51. The van der Waals surface area contributed by atoms with Gasteiger partial charge in [0.15, 0.2) is 0 Å². The summed E-state index contributed by atoms with van der Waals surface area (Å²) < 4.78 is 4.85. The number of likely N-dealkylation sites (tertiary alicyclic amines) is 1. The molecule has 0 aliphatic carbocycles. The highest BCUT2D eigenvalue weighted by Crippen LogP contribution is 2.30. The minimum atomic E-state index is -0.488. The van der Waals surface area contributed by atoms with Crippen LogP contribution in [0.1, 0.15) is 43.7 Å². The average Bonchev–Trinajstić information content (AvgIpc) is 2.60. The molecule has 1 aliphatic heterocycles. The molecular weight excluding hydrogens is 316 g/mol. The van der Waals surface area contributed by atoms with Gasteiger partial charge in [0.1, 0.15) is 12.6 Å². The Kier molecular flexibility index (Phi) is 7.00. The maximum atomic E-state index is 12.9. The van der Waals surface area contributed by atoms with Gasteiger partial charge >= 0.3 is 0 Å². The minimum absolute atomic E-state index is 0.0164. The van der Waals surface area contributed by atoms with Gasteiger partial charge in [-0.25, -0.2) is 0 Å². The average molecular weight is 346 g/mol. The molecule has 2 amide bonds. The van der Waals surface area contributed by atoms with Crippen molar-refractivity contribution in [3.8, 4) is 0 Å². The van der Waals surface area contributed by atoms with Gasteiger partial charge in [-0.1, -0.05) is 38.1 Å². The number of nitrogens with one attached hydrogen (secondary N) is 1. The van der Waals surface area contributed by atoms with E-state index in [1.165, 1.54) is 18.2 Å². The highest BCUT2D eigenvalue weighted by Gasteiger charge is 2.31. The summed E-state index contributed by atoms with van der Waals surface area (Å²) in [6.45, 7) is 7.51. The molecule has 5 nitrogen and oxygen atoms in total. The fourth-order valence-corrected chi connectivity index (χ4v) is 3.51. The van der Waals surface area contributed by atoms with Crippen LogP contribution in [0.5, 0.6) is 0 Å². The summed E-state index contributed by atoms with van der Waals surface area (Å²) in [6, 6.07) is 8.00. The third kappa shape index (κ3) is 5.05. The molecule has 138 valence electrons. The van der Waals surface area contributed by atoms with Crippen LogP contribution in [-0.4, -0.2) is 49.6 Å². The van der Waals surface area contributed by atoms with Crippen molar-refractivity contribution in [2.45, 2.75) is 45.6 Å². The van der Waals surface area contributed by atoms with Crippen molar-refractivity contribution in [3.63, 3.8) is 0 Å². The lowest BCUT2D eigenvalue weighted by atomic mass is 9.86. The number of benzene rings is 1. The summed E-state index contributed by atoms with van der Waals surface area (Å²) in [5, 5.41) is 2.81. The van der Waals surface area contributed by atoms with Crippen LogP contribution in [-0.2, 0) is 14.3 Å². The number of carbonyl (C=O) groups excluding carboxylic acids is 2. The number of amides is 2. The number of rotatable bonds is 6. The van der Waals surface area contributed by atoms with E-state index in [9.17, 15) is 9.59 Å². The second kappa shape index (κ2) is 8.99. The molecule has 1 N–H and O–H groups in total. The minimum Gasteiger partial charge on any atom is -0.375 e.